The van der Waals surface area contributed by atoms with Crippen molar-refractivity contribution in [1.29, 1.82) is 0 Å². The molecule has 1 heteroatoms. The van der Waals surface area contributed by atoms with Crippen LogP contribution >= 0.6 is 0 Å². The van der Waals surface area contributed by atoms with Gasteiger partial charge >= 0.3 is 0 Å². The van der Waals surface area contributed by atoms with E-state index < -0.39 is 0 Å². The normalized spacial score (nSPS) is 33.4. The summed E-state index contributed by atoms with van der Waals surface area (Å²) in [5.41, 5.74) is 1.47. The minimum atomic E-state index is 0.282. The van der Waals surface area contributed by atoms with Gasteiger partial charge in [0.25, 0.3) is 0 Å². The number of rotatable bonds is 2. The Morgan fingerprint density at radius 1 is 1.06 bits per heavy atom. The summed E-state index contributed by atoms with van der Waals surface area (Å²) in [4.78, 5) is 11.1. The fraction of sp³-hybridized carbons (Fsp3) is 0.588. The average Bonchev–Trinajstić information content (AvgIpc) is 2.38. The zero-order chi connectivity index (χ0) is 13.0. The number of hydrogen-bond acceptors (Lipinski definition) is 1. The summed E-state index contributed by atoms with van der Waals surface area (Å²) in [6.07, 6.45) is 5.82. The molecule has 1 aliphatic carbocycles. The lowest BCUT2D eigenvalue weighted by atomic mass is 9.73. The molecule has 18 heavy (non-hydrogen) atoms. The van der Waals surface area contributed by atoms with Gasteiger partial charge in [0.1, 0.15) is 6.29 Å². The van der Waals surface area contributed by atoms with E-state index in [1.165, 1.54) is 31.1 Å². The Bertz CT molecular complexity index is 370. The molecule has 98 valence electrons. The van der Waals surface area contributed by atoms with Crippen molar-refractivity contribution >= 4 is 6.29 Å². The third kappa shape index (κ3) is 3.01. The predicted octanol–water partition coefficient (Wildman–Crippen LogP) is 4.43. The van der Waals surface area contributed by atoms with Crippen LogP contribution in [0.25, 0.3) is 0 Å². The van der Waals surface area contributed by atoms with Crippen LogP contribution in [0.2, 0.25) is 0 Å². The van der Waals surface area contributed by atoms with Crippen LogP contribution in [0, 0.1) is 17.8 Å². The second-order valence-corrected chi connectivity index (χ2v) is 5.94. The van der Waals surface area contributed by atoms with Gasteiger partial charge in [0.15, 0.2) is 0 Å². The highest BCUT2D eigenvalue weighted by atomic mass is 16.1. The van der Waals surface area contributed by atoms with Crippen LogP contribution in [0.15, 0.2) is 30.3 Å². The highest BCUT2D eigenvalue weighted by Gasteiger charge is 2.27. The molecule has 1 saturated carbocycles. The maximum absolute atomic E-state index is 11.1. The molecule has 0 N–H and O–H groups in total. The first-order valence-corrected chi connectivity index (χ1v) is 7.22. The summed E-state index contributed by atoms with van der Waals surface area (Å²) in [7, 11) is 0. The second kappa shape index (κ2) is 6.17. The number of carbonyl (C=O) groups is 1. The molecule has 0 saturated heterocycles. The van der Waals surface area contributed by atoms with Crippen molar-refractivity contribution in [2.45, 2.75) is 45.4 Å². The zero-order valence-corrected chi connectivity index (χ0v) is 11.5. The van der Waals surface area contributed by atoms with Crippen molar-refractivity contribution < 1.29 is 4.79 Å². The molecule has 0 spiro atoms. The van der Waals surface area contributed by atoms with E-state index in [2.05, 4.69) is 44.2 Å². The van der Waals surface area contributed by atoms with E-state index in [9.17, 15) is 4.79 Å². The van der Waals surface area contributed by atoms with Gasteiger partial charge in [-0.3, -0.25) is 0 Å². The molecule has 0 aromatic heterocycles. The number of carbonyl (C=O) groups excluding carboxylic acids is 1. The molecule has 1 aromatic rings. The molecule has 4 atom stereocenters. The van der Waals surface area contributed by atoms with E-state index >= 15 is 0 Å². The molecule has 2 rings (SSSR count). The van der Waals surface area contributed by atoms with Gasteiger partial charge in [-0.25, -0.2) is 0 Å². The molecule has 0 radical (unpaired) electrons. The smallest absolute Gasteiger partial charge is 0.123 e. The Balaban J connectivity index is 2.12. The predicted molar refractivity (Wildman–Crippen MR) is 75.5 cm³/mol. The summed E-state index contributed by atoms with van der Waals surface area (Å²) in [6, 6.07) is 10.9. The van der Waals surface area contributed by atoms with Gasteiger partial charge in [-0.05, 0) is 42.6 Å². The molecule has 4 unspecified atom stereocenters. The van der Waals surface area contributed by atoms with Gasteiger partial charge in [-0.1, -0.05) is 50.6 Å². The van der Waals surface area contributed by atoms with E-state index in [-0.39, 0.29) is 5.92 Å². The number of benzene rings is 1. The average molecular weight is 244 g/mol. The zero-order valence-electron chi connectivity index (χ0n) is 11.5. The van der Waals surface area contributed by atoms with Gasteiger partial charge in [-0.2, -0.15) is 0 Å². The summed E-state index contributed by atoms with van der Waals surface area (Å²) < 4.78 is 0. The van der Waals surface area contributed by atoms with Crippen LogP contribution in [0.3, 0.4) is 0 Å². The molecule has 1 nitrogen and oxygen atoms in total. The highest BCUT2D eigenvalue weighted by Crippen LogP contribution is 2.38. The Kier molecular flexibility index (Phi) is 4.57. The van der Waals surface area contributed by atoms with Crippen LogP contribution in [0.1, 0.15) is 51.0 Å². The maximum Gasteiger partial charge on any atom is 0.123 e. The van der Waals surface area contributed by atoms with Crippen LogP contribution < -0.4 is 0 Å². The SMILES string of the molecule is CC1CC(C)C(c2ccccc2)CCCC1C=O. The lowest BCUT2D eigenvalue weighted by Gasteiger charge is -2.32. The quantitative estimate of drug-likeness (QED) is 0.703. The van der Waals surface area contributed by atoms with E-state index in [0.717, 1.165) is 6.42 Å². The van der Waals surface area contributed by atoms with Crippen LogP contribution in [-0.2, 0) is 4.79 Å². The van der Waals surface area contributed by atoms with E-state index in [1.807, 2.05) is 0 Å². The van der Waals surface area contributed by atoms with Crippen LogP contribution in [-0.4, -0.2) is 6.29 Å². The van der Waals surface area contributed by atoms with E-state index in [4.69, 9.17) is 0 Å². The lowest BCUT2D eigenvalue weighted by molar-refractivity contribution is -0.113. The van der Waals surface area contributed by atoms with Gasteiger partial charge in [0, 0.05) is 5.92 Å². The molecule has 0 heterocycles. The Morgan fingerprint density at radius 2 is 1.78 bits per heavy atom. The fourth-order valence-electron chi connectivity index (χ4n) is 3.47. The van der Waals surface area contributed by atoms with Crippen molar-refractivity contribution in [2.75, 3.05) is 0 Å². The topological polar surface area (TPSA) is 17.1 Å². The first-order chi connectivity index (χ1) is 8.72. The van der Waals surface area contributed by atoms with E-state index in [1.54, 1.807) is 0 Å². The lowest BCUT2D eigenvalue weighted by Crippen LogP contribution is -2.23. The molecule has 1 aliphatic rings. The summed E-state index contributed by atoms with van der Waals surface area (Å²) in [5.74, 6) is 2.15. The third-order valence-electron chi connectivity index (χ3n) is 4.62. The number of aldehydes is 1. The Morgan fingerprint density at radius 3 is 2.44 bits per heavy atom. The third-order valence-corrected chi connectivity index (χ3v) is 4.62. The standard InChI is InChI=1S/C17H24O/c1-13-11-14(2)17(10-6-9-16(13)12-18)15-7-4-3-5-8-15/h3-5,7-8,12-14,16-17H,6,9-11H2,1-2H3. The molecule has 1 aromatic carbocycles. The summed E-state index contributed by atoms with van der Waals surface area (Å²) in [5, 5.41) is 0. The van der Waals surface area contributed by atoms with Gasteiger partial charge < -0.3 is 4.79 Å². The van der Waals surface area contributed by atoms with Crippen LogP contribution in [0.4, 0.5) is 0 Å². The minimum Gasteiger partial charge on any atom is -0.303 e. The monoisotopic (exact) mass is 244 g/mol. The van der Waals surface area contributed by atoms with Gasteiger partial charge in [0.05, 0.1) is 0 Å². The molecule has 0 bridgehead atoms. The van der Waals surface area contributed by atoms with Gasteiger partial charge in [-0.15, -0.1) is 0 Å². The Hall–Kier alpha value is -1.11. The maximum atomic E-state index is 11.1. The Labute approximate surface area is 111 Å². The molecule has 0 amide bonds. The van der Waals surface area contributed by atoms with Crippen molar-refractivity contribution in [3.05, 3.63) is 35.9 Å². The van der Waals surface area contributed by atoms with Crippen molar-refractivity contribution in [2.24, 2.45) is 17.8 Å². The van der Waals surface area contributed by atoms with Gasteiger partial charge in [0.2, 0.25) is 0 Å². The van der Waals surface area contributed by atoms with Crippen molar-refractivity contribution in [3.63, 3.8) is 0 Å². The first kappa shape index (κ1) is 13.3. The summed E-state index contributed by atoms with van der Waals surface area (Å²) in [6.45, 7) is 4.59. The van der Waals surface area contributed by atoms with Crippen LogP contribution in [0.5, 0.6) is 0 Å². The second-order valence-electron chi connectivity index (χ2n) is 5.94. The number of hydrogen-bond donors (Lipinski definition) is 0. The molecular formula is C17H24O. The van der Waals surface area contributed by atoms with Crippen molar-refractivity contribution in [3.8, 4) is 0 Å². The molecule has 1 fully saturated rings. The largest absolute Gasteiger partial charge is 0.303 e. The fourth-order valence-corrected chi connectivity index (χ4v) is 3.47. The minimum absolute atomic E-state index is 0.282. The molecule has 0 aliphatic heterocycles. The molecular weight excluding hydrogens is 220 g/mol. The van der Waals surface area contributed by atoms with Crippen molar-refractivity contribution in [1.82, 2.24) is 0 Å². The van der Waals surface area contributed by atoms with E-state index in [0.29, 0.717) is 17.8 Å². The highest BCUT2D eigenvalue weighted by molar-refractivity contribution is 5.53. The first-order valence-electron chi connectivity index (χ1n) is 7.22. The summed E-state index contributed by atoms with van der Waals surface area (Å²) >= 11 is 0.